The van der Waals surface area contributed by atoms with E-state index >= 15 is 0 Å². The molecule has 0 spiro atoms. The molecule has 0 saturated heterocycles. The summed E-state index contributed by atoms with van der Waals surface area (Å²) in [6.07, 6.45) is -0.817. The van der Waals surface area contributed by atoms with E-state index in [4.69, 9.17) is 4.42 Å². The normalized spacial score (nSPS) is 11.5. The number of aromatic nitrogens is 2. The second-order valence-electron chi connectivity index (χ2n) is 11.0. The van der Waals surface area contributed by atoms with Gasteiger partial charge in [-0.25, -0.2) is 9.59 Å². The van der Waals surface area contributed by atoms with Crippen molar-refractivity contribution in [1.29, 1.82) is 0 Å². The Bertz CT molecular complexity index is 2160. The summed E-state index contributed by atoms with van der Waals surface area (Å²) in [7, 11) is 0. The largest absolute Gasteiger partial charge is 0.506 e. The molecule has 48 heavy (non-hydrogen) atoms. The number of hydrogen-bond donors (Lipinski definition) is 6. The lowest BCUT2D eigenvalue weighted by molar-refractivity contribution is 0.176. The van der Waals surface area contributed by atoms with Gasteiger partial charge in [-0.05, 0) is 65.4 Å². The van der Waals surface area contributed by atoms with Gasteiger partial charge in [0.2, 0.25) is 5.56 Å². The van der Waals surface area contributed by atoms with Gasteiger partial charge in [0, 0.05) is 36.7 Å². The summed E-state index contributed by atoms with van der Waals surface area (Å²) in [5.41, 5.74) is 5.62. The SMILES string of the molecule is F.F.O=C(O)Nc1cc(CCCn2c(=O)oc3ccc(CNCC(O)c4ccc(O)c5[nH]c(=O)ccc45)cc32)ccc1-c1ccccc1. The summed E-state index contributed by atoms with van der Waals surface area (Å²) in [5, 5.41) is 36.7. The van der Waals surface area contributed by atoms with Crippen molar-refractivity contribution in [2.75, 3.05) is 11.9 Å². The number of H-pyrrole nitrogens is 1. The minimum Gasteiger partial charge on any atom is -0.506 e. The smallest absolute Gasteiger partial charge is 0.419 e. The third-order valence-corrected chi connectivity index (χ3v) is 7.92. The van der Waals surface area contributed by atoms with E-state index in [1.807, 2.05) is 60.7 Å². The summed E-state index contributed by atoms with van der Waals surface area (Å²) < 4.78 is 7.06. The Kier molecular flexibility index (Phi) is 11.1. The Morgan fingerprint density at radius 1 is 0.917 bits per heavy atom. The highest BCUT2D eigenvalue weighted by Gasteiger charge is 2.15. The Hall–Kier alpha value is -5.79. The lowest BCUT2D eigenvalue weighted by atomic mass is 9.99. The van der Waals surface area contributed by atoms with Crippen molar-refractivity contribution >= 4 is 33.8 Å². The molecule has 4 aromatic carbocycles. The number of phenolic OH excluding ortho intramolecular Hbond substituents is 1. The molecule has 1 atom stereocenters. The summed E-state index contributed by atoms with van der Waals surface area (Å²) in [6.45, 7) is 1.02. The van der Waals surface area contributed by atoms with Crippen molar-refractivity contribution in [2.24, 2.45) is 0 Å². The molecule has 0 aliphatic heterocycles. The Morgan fingerprint density at radius 3 is 2.46 bits per heavy atom. The number of pyridine rings is 1. The van der Waals surface area contributed by atoms with Crippen molar-refractivity contribution in [3.05, 3.63) is 129 Å². The van der Waals surface area contributed by atoms with Crippen molar-refractivity contribution in [3.8, 4) is 16.9 Å². The third kappa shape index (κ3) is 7.60. The zero-order chi connectivity index (χ0) is 32.2. The number of phenols is 1. The molecule has 6 aromatic rings. The molecule has 0 saturated carbocycles. The molecule has 0 bridgehead atoms. The minimum atomic E-state index is -1.14. The first-order valence-corrected chi connectivity index (χ1v) is 14.8. The standard InChI is InChI=1S/C35H32N4O7.2FH/c40-29-13-11-25(26-12-15-32(42)38-33(26)29)30(41)20-36-19-22-9-14-31-28(18-22)39(35(45)46-31)16-4-5-21-8-10-24(23-6-2-1-3-7-23)27(17-21)37-34(43)44;;/h1-3,6-15,17-18,30,36-37,40-41H,4-5,16,19-20H2,(H,38,42)(H,43,44);2*1H. The number of rotatable bonds is 11. The molecular weight excluding hydrogens is 626 g/mol. The lowest BCUT2D eigenvalue weighted by Gasteiger charge is -2.15. The molecule has 13 heteroatoms. The Labute approximate surface area is 271 Å². The van der Waals surface area contributed by atoms with Crippen molar-refractivity contribution in [1.82, 2.24) is 14.9 Å². The fourth-order valence-corrected chi connectivity index (χ4v) is 5.72. The maximum absolute atomic E-state index is 12.7. The average molecular weight is 661 g/mol. The van der Waals surface area contributed by atoms with E-state index in [9.17, 15) is 29.7 Å². The third-order valence-electron chi connectivity index (χ3n) is 7.92. The quantitative estimate of drug-likeness (QED) is 0.103. The zero-order valence-electron chi connectivity index (χ0n) is 25.5. The number of aliphatic hydroxyl groups is 1. The average Bonchev–Trinajstić information content (AvgIpc) is 3.35. The van der Waals surface area contributed by atoms with Crippen LogP contribution in [0.3, 0.4) is 0 Å². The van der Waals surface area contributed by atoms with Crippen LogP contribution in [0, 0.1) is 0 Å². The molecule has 250 valence electrons. The van der Waals surface area contributed by atoms with Crippen LogP contribution in [0.5, 0.6) is 5.75 Å². The molecule has 11 nitrogen and oxygen atoms in total. The van der Waals surface area contributed by atoms with Crippen molar-refractivity contribution < 1.29 is 33.9 Å². The van der Waals surface area contributed by atoms with Crippen molar-refractivity contribution in [2.45, 2.75) is 32.0 Å². The molecule has 0 fully saturated rings. The molecule has 2 heterocycles. The summed E-state index contributed by atoms with van der Waals surface area (Å²) in [5.74, 6) is -0.530. The van der Waals surface area contributed by atoms with Crippen LogP contribution < -0.4 is 21.9 Å². The molecule has 0 aliphatic carbocycles. The minimum absolute atomic E-state index is 0. The summed E-state index contributed by atoms with van der Waals surface area (Å²) in [6, 6.07) is 26.7. The van der Waals surface area contributed by atoms with Crippen LogP contribution in [0.1, 0.15) is 29.2 Å². The number of aromatic hydroxyl groups is 1. The second kappa shape index (κ2) is 15.2. The predicted molar refractivity (Wildman–Crippen MR) is 180 cm³/mol. The number of benzene rings is 4. The van der Waals surface area contributed by atoms with Gasteiger partial charge in [0.05, 0.1) is 22.8 Å². The van der Waals surface area contributed by atoms with Crippen LogP contribution in [-0.4, -0.2) is 37.5 Å². The van der Waals surface area contributed by atoms with Gasteiger partial charge in [-0.15, -0.1) is 0 Å². The molecule has 6 N–H and O–H groups in total. The molecule has 1 unspecified atom stereocenters. The molecule has 6 rings (SSSR count). The Morgan fingerprint density at radius 2 is 1.69 bits per heavy atom. The van der Waals surface area contributed by atoms with Gasteiger partial charge in [0.1, 0.15) is 5.75 Å². The maximum Gasteiger partial charge on any atom is 0.419 e. The highest BCUT2D eigenvalue weighted by Crippen LogP contribution is 2.30. The number of carboxylic acid groups (broad SMARTS) is 1. The van der Waals surface area contributed by atoms with E-state index in [1.165, 1.54) is 12.1 Å². The van der Waals surface area contributed by atoms with Gasteiger partial charge in [0.15, 0.2) is 5.58 Å². The number of nitrogens with zero attached hydrogens (tertiary/aromatic N) is 1. The molecule has 0 aliphatic rings. The number of aliphatic hydroxyl groups excluding tert-OH is 1. The van der Waals surface area contributed by atoms with Crippen LogP contribution in [0.25, 0.3) is 33.1 Å². The number of anilines is 1. The number of hydrogen-bond acceptors (Lipinski definition) is 7. The van der Waals surface area contributed by atoms with Gasteiger partial charge in [-0.1, -0.05) is 54.6 Å². The van der Waals surface area contributed by atoms with E-state index in [1.54, 1.807) is 22.8 Å². The van der Waals surface area contributed by atoms with E-state index in [-0.39, 0.29) is 32.8 Å². The topological polar surface area (TPSA) is 170 Å². The van der Waals surface area contributed by atoms with E-state index < -0.39 is 18.0 Å². The second-order valence-corrected chi connectivity index (χ2v) is 11.0. The van der Waals surface area contributed by atoms with Crippen LogP contribution in [0.4, 0.5) is 19.9 Å². The zero-order valence-corrected chi connectivity index (χ0v) is 25.5. The van der Waals surface area contributed by atoms with Gasteiger partial charge in [-0.2, -0.15) is 0 Å². The van der Waals surface area contributed by atoms with Gasteiger partial charge < -0.3 is 30.0 Å². The summed E-state index contributed by atoms with van der Waals surface area (Å²) >= 11 is 0. The fourth-order valence-electron chi connectivity index (χ4n) is 5.72. The van der Waals surface area contributed by atoms with Crippen LogP contribution in [0.2, 0.25) is 0 Å². The van der Waals surface area contributed by atoms with Crippen LogP contribution in [-0.2, 0) is 19.5 Å². The van der Waals surface area contributed by atoms with Crippen molar-refractivity contribution in [3.63, 3.8) is 0 Å². The molecule has 1 amide bonds. The number of oxazole rings is 1. The van der Waals surface area contributed by atoms with Gasteiger partial charge in [0.25, 0.3) is 0 Å². The lowest BCUT2D eigenvalue weighted by Crippen LogP contribution is -2.21. The number of carbonyl (C=O) groups is 1. The highest BCUT2D eigenvalue weighted by atomic mass is 19.0. The number of halogens is 2. The summed E-state index contributed by atoms with van der Waals surface area (Å²) in [4.78, 5) is 38.5. The Balaban J connectivity index is 0.00000260. The maximum atomic E-state index is 12.7. The monoisotopic (exact) mass is 660 g/mol. The molecular formula is C35H34F2N4O7. The molecule has 0 radical (unpaired) electrons. The van der Waals surface area contributed by atoms with Crippen LogP contribution >= 0.6 is 0 Å². The number of fused-ring (bicyclic) bond motifs is 2. The first-order valence-electron chi connectivity index (χ1n) is 14.8. The molecule has 2 aromatic heterocycles. The number of aryl methyl sites for hydroxylation is 2. The van der Waals surface area contributed by atoms with E-state index in [2.05, 4.69) is 15.6 Å². The number of amides is 1. The number of nitrogens with one attached hydrogen (secondary N) is 3. The predicted octanol–water partition coefficient (Wildman–Crippen LogP) is 5.66. The first-order chi connectivity index (χ1) is 22.3. The number of aromatic amines is 1. The fraction of sp³-hybridized carbons (Fsp3) is 0.171. The van der Waals surface area contributed by atoms with E-state index in [0.29, 0.717) is 53.7 Å². The van der Waals surface area contributed by atoms with Crippen LogP contribution in [0.15, 0.2) is 105 Å². The van der Waals surface area contributed by atoms with E-state index in [0.717, 1.165) is 22.3 Å². The van der Waals surface area contributed by atoms with Gasteiger partial charge in [-0.3, -0.25) is 24.1 Å². The first kappa shape index (κ1) is 35.1. The van der Waals surface area contributed by atoms with Gasteiger partial charge >= 0.3 is 11.8 Å². The highest BCUT2D eigenvalue weighted by molar-refractivity contribution is 5.91.